The van der Waals surface area contributed by atoms with E-state index in [1.807, 2.05) is 30.3 Å². The zero-order chi connectivity index (χ0) is 18.1. The standard InChI is InChI=1S/C19H28N2O4/c1-25-13-6-5-11-17(15-8-3-2-4-9-15)20-19(24)21-12-7-10-16(14-21)18(22)23/h2-4,8-9,16-17H,5-7,10-14H2,1H3,(H,20,24)(H,22,23). The Hall–Kier alpha value is -2.08. The van der Waals surface area contributed by atoms with E-state index in [1.165, 1.54) is 0 Å². The van der Waals surface area contributed by atoms with Gasteiger partial charge in [-0.15, -0.1) is 0 Å². The lowest BCUT2D eigenvalue weighted by atomic mass is 9.98. The maximum atomic E-state index is 12.6. The van der Waals surface area contributed by atoms with Crippen LogP contribution in [0.25, 0.3) is 0 Å². The molecule has 0 saturated carbocycles. The zero-order valence-electron chi connectivity index (χ0n) is 14.8. The summed E-state index contributed by atoms with van der Waals surface area (Å²) in [5.41, 5.74) is 1.07. The highest BCUT2D eigenvalue weighted by Crippen LogP contribution is 2.21. The molecule has 1 aromatic rings. The molecule has 0 aliphatic carbocycles. The fourth-order valence-electron chi connectivity index (χ4n) is 3.21. The predicted molar refractivity (Wildman–Crippen MR) is 95.4 cm³/mol. The van der Waals surface area contributed by atoms with Gasteiger partial charge in [-0.1, -0.05) is 30.3 Å². The van der Waals surface area contributed by atoms with Gasteiger partial charge in [0.2, 0.25) is 0 Å². The third-order valence-corrected chi connectivity index (χ3v) is 4.65. The average Bonchev–Trinajstić information content (AvgIpc) is 2.65. The Kier molecular flexibility index (Phi) is 7.73. The molecule has 6 nitrogen and oxygen atoms in total. The van der Waals surface area contributed by atoms with Crippen molar-refractivity contribution in [3.05, 3.63) is 35.9 Å². The molecule has 0 spiro atoms. The first kappa shape index (κ1) is 19.2. The summed E-state index contributed by atoms with van der Waals surface area (Å²) in [7, 11) is 1.69. The molecule has 0 bridgehead atoms. The second-order valence-corrected chi connectivity index (χ2v) is 6.52. The average molecular weight is 348 g/mol. The van der Waals surface area contributed by atoms with E-state index in [-0.39, 0.29) is 18.6 Å². The molecule has 0 aromatic heterocycles. The van der Waals surface area contributed by atoms with E-state index in [4.69, 9.17) is 4.74 Å². The molecule has 1 aliphatic rings. The molecule has 0 radical (unpaired) electrons. The Labute approximate surface area is 149 Å². The Morgan fingerprint density at radius 3 is 2.76 bits per heavy atom. The molecule has 2 rings (SSSR count). The molecular weight excluding hydrogens is 320 g/mol. The van der Waals surface area contributed by atoms with Crippen molar-refractivity contribution in [1.82, 2.24) is 10.2 Å². The molecule has 6 heteroatoms. The van der Waals surface area contributed by atoms with E-state index in [0.29, 0.717) is 19.6 Å². The normalized spacial score (nSPS) is 18.6. The minimum Gasteiger partial charge on any atom is -0.481 e. The summed E-state index contributed by atoms with van der Waals surface area (Å²) in [6.07, 6.45) is 4.09. The number of methoxy groups -OCH3 is 1. The van der Waals surface area contributed by atoms with Gasteiger partial charge in [0, 0.05) is 26.8 Å². The van der Waals surface area contributed by atoms with E-state index in [1.54, 1.807) is 12.0 Å². The number of piperidine rings is 1. The maximum Gasteiger partial charge on any atom is 0.317 e. The molecule has 2 unspecified atom stereocenters. The van der Waals surface area contributed by atoms with Gasteiger partial charge < -0.3 is 20.1 Å². The monoisotopic (exact) mass is 348 g/mol. The second kappa shape index (κ2) is 10.0. The number of carboxylic acids is 1. The minimum absolute atomic E-state index is 0.0734. The van der Waals surface area contributed by atoms with Crippen molar-refractivity contribution in [1.29, 1.82) is 0 Å². The number of rotatable bonds is 8. The summed E-state index contributed by atoms with van der Waals surface area (Å²) >= 11 is 0. The van der Waals surface area contributed by atoms with Gasteiger partial charge in [0.15, 0.2) is 0 Å². The molecular formula is C19H28N2O4. The number of hydrogen-bond donors (Lipinski definition) is 2. The highest BCUT2D eigenvalue weighted by atomic mass is 16.5. The van der Waals surface area contributed by atoms with Crippen molar-refractivity contribution in [2.75, 3.05) is 26.8 Å². The second-order valence-electron chi connectivity index (χ2n) is 6.52. The smallest absolute Gasteiger partial charge is 0.317 e. The third-order valence-electron chi connectivity index (χ3n) is 4.65. The number of hydrogen-bond acceptors (Lipinski definition) is 3. The molecule has 1 saturated heterocycles. The van der Waals surface area contributed by atoms with Crippen LogP contribution in [-0.4, -0.2) is 48.8 Å². The number of amides is 2. The summed E-state index contributed by atoms with van der Waals surface area (Å²) in [6.45, 7) is 1.61. The Balaban J connectivity index is 1.97. The van der Waals surface area contributed by atoms with Gasteiger partial charge in [-0.05, 0) is 37.7 Å². The maximum absolute atomic E-state index is 12.6. The van der Waals surface area contributed by atoms with Gasteiger partial charge in [-0.25, -0.2) is 4.79 Å². The lowest BCUT2D eigenvalue weighted by molar-refractivity contribution is -0.143. The molecule has 2 atom stereocenters. The van der Waals surface area contributed by atoms with E-state index >= 15 is 0 Å². The molecule has 138 valence electrons. The number of carbonyl (C=O) groups is 2. The van der Waals surface area contributed by atoms with Crippen molar-refractivity contribution in [2.45, 2.75) is 38.1 Å². The molecule has 2 N–H and O–H groups in total. The third kappa shape index (κ3) is 6.05. The van der Waals surface area contributed by atoms with Gasteiger partial charge in [-0.3, -0.25) is 4.79 Å². The van der Waals surface area contributed by atoms with Crippen LogP contribution in [0.2, 0.25) is 0 Å². The molecule has 1 fully saturated rings. The Morgan fingerprint density at radius 1 is 1.32 bits per heavy atom. The number of urea groups is 1. The highest BCUT2D eigenvalue weighted by molar-refractivity contribution is 5.77. The van der Waals surface area contributed by atoms with Crippen molar-refractivity contribution in [3.63, 3.8) is 0 Å². The van der Waals surface area contributed by atoms with E-state index in [9.17, 15) is 14.7 Å². The molecule has 1 aromatic carbocycles. The largest absolute Gasteiger partial charge is 0.481 e. The van der Waals surface area contributed by atoms with Crippen molar-refractivity contribution in [2.24, 2.45) is 5.92 Å². The number of ether oxygens (including phenoxy) is 1. The lowest BCUT2D eigenvalue weighted by Crippen LogP contribution is -2.47. The van der Waals surface area contributed by atoms with Gasteiger partial charge >= 0.3 is 12.0 Å². The molecule has 1 aliphatic heterocycles. The predicted octanol–water partition coefficient (Wildman–Crippen LogP) is 3.05. The summed E-state index contributed by atoms with van der Waals surface area (Å²) in [4.78, 5) is 25.5. The van der Waals surface area contributed by atoms with Crippen molar-refractivity contribution in [3.8, 4) is 0 Å². The zero-order valence-corrected chi connectivity index (χ0v) is 14.8. The van der Waals surface area contributed by atoms with Crippen LogP contribution >= 0.6 is 0 Å². The molecule has 2 amide bonds. The van der Waals surface area contributed by atoms with Gasteiger partial charge in [0.1, 0.15) is 0 Å². The summed E-state index contributed by atoms with van der Waals surface area (Å²) < 4.78 is 5.09. The summed E-state index contributed by atoms with van der Waals surface area (Å²) in [5, 5.41) is 12.3. The number of likely N-dealkylation sites (tertiary alicyclic amines) is 1. The van der Waals surface area contributed by atoms with Gasteiger partial charge in [0.25, 0.3) is 0 Å². The van der Waals surface area contributed by atoms with Crippen molar-refractivity contribution < 1.29 is 19.4 Å². The number of benzene rings is 1. The molecule has 1 heterocycles. The van der Waals surface area contributed by atoms with Crippen LogP contribution in [0.15, 0.2) is 30.3 Å². The SMILES string of the molecule is COCCCCC(NC(=O)N1CCCC(C(=O)O)C1)c1ccccc1. The van der Waals surface area contributed by atoms with Crippen LogP contribution in [0.5, 0.6) is 0 Å². The summed E-state index contributed by atoms with van der Waals surface area (Å²) in [6, 6.07) is 9.66. The summed E-state index contributed by atoms with van der Waals surface area (Å²) in [5.74, 6) is -1.28. The quantitative estimate of drug-likeness (QED) is 0.708. The van der Waals surface area contributed by atoms with Crippen molar-refractivity contribution >= 4 is 12.0 Å². The fourth-order valence-corrected chi connectivity index (χ4v) is 3.21. The van der Waals surface area contributed by atoms with Crippen LogP contribution in [-0.2, 0) is 9.53 Å². The number of nitrogens with zero attached hydrogens (tertiary/aromatic N) is 1. The van der Waals surface area contributed by atoms with Crippen LogP contribution < -0.4 is 5.32 Å². The van der Waals surface area contributed by atoms with Crippen LogP contribution in [0, 0.1) is 5.92 Å². The number of unbranched alkanes of at least 4 members (excludes halogenated alkanes) is 1. The van der Waals surface area contributed by atoms with Gasteiger partial charge in [0.05, 0.1) is 12.0 Å². The van der Waals surface area contributed by atoms with E-state index < -0.39 is 11.9 Å². The number of nitrogens with one attached hydrogen (secondary N) is 1. The topological polar surface area (TPSA) is 78.9 Å². The van der Waals surface area contributed by atoms with Crippen LogP contribution in [0.1, 0.15) is 43.7 Å². The van der Waals surface area contributed by atoms with E-state index in [0.717, 1.165) is 31.2 Å². The number of carbonyl (C=O) groups excluding carboxylic acids is 1. The highest BCUT2D eigenvalue weighted by Gasteiger charge is 2.29. The fraction of sp³-hybridized carbons (Fsp3) is 0.579. The Morgan fingerprint density at radius 2 is 2.08 bits per heavy atom. The van der Waals surface area contributed by atoms with E-state index in [2.05, 4.69) is 5.32 Å². The Bertz CT molecular complexity index is 550. The van der Waals surface area contributed by atoms with Crippen LogP contribution in [0.4, 0.5) is 4.79 Å². The number of carboxylic acid groups (broad SMARTS) is 1. The lowest BCUT2D eigenvalue weighted by Gasteiger charge is -2.32. The number of aliphatic carboxylic acids is 1. The first-order valence-electron chi connectivity index (χ1n) is 8.94. The molecule has 25 heavy (non-hydrogen) atoms. The van der Waals surface area contributed by atoms with Gasteiger partial charge in [-0.2, -0.15) is 0 Å². The first-order valence-corrected chi connectivity index (χ1v) is 8.94. The van der Waals surface area contributed by atoms with Crippen LogP contribution in [0.3, 0.4) is 0 Å². The minimum atomic E-state index is -0.823. The first-order chi connectivity index (χ1) is 12.1.